The molecule has 1 aromatic heterocycles. The molecule has 0 atom stereocenters. The van der Waals surface area contributed by atoms with Crippen LogP contribution in [0.15, 0.2) is 59.7 Å². The van der Waals surface area contributed by atoms with Gasteiger partial charge in [-0.1, -0.05) is 42.5 Å². The second-order valence-electron chi connectivity index (χ2n) is 5.57. The predicted molar refractivity (Wildman–Crippen MR) is 97.8 cm³/mol. The van der Waals surface area contributed by atoms with Crippen molar-refractivity contribution < 1.29 is 22.7 Å². The fourth-order valence-corrected chi connectivity index (χ4v) is 2.42. The molecule has 0 saturated heterocycles. The molecule has 9 heteroatoms. The molecule has 1 heterocycles. The number of hydrogen-bond donors (Lipinski definition) is 1. The van der Waals surface area contributed by atoms with E-state index in [2.05, 4.69) is 20.5 Å². The number of anilines is 1. The summed E-state index contributed by atoms with van der Waals surface area (Å²) in [6.07, 6.45) is -4.73. The van der Waals surface area contributed by atoms with Crippen molar-refractivity contribution in [1.82, 2.24) is 9.97 Å². The summed E-state index contributed by atoms with van der Waals surface area (Å²) in [5.74, 6) is -2.19. The lowest BCUT2D eigenvalue weighted by Crippen LogP contribution is -2.20. The minimum Gasteiger partial charge on any atom is -0.461 e. The maximum atomic E-state index is 13.1. The van der Waals surface area contributed by atoms with E-state index in [0.29, 0.717) is 10.9 Å². The number of nitrogens with one attached hydrogen (secondary N) is 1. The Bertz CT molecular complexity index is 1020. The highest BCUT2D eigenvalue weighted by Crippen LogP contribution is 2.30. The van der Waals surface area contributed by atoms with E-state index < -0.39 is 18.0 Å². The molecule has 6 nitrogen and oxygen atoms in total. The molecular formula is C19H15F3N4O2. The number of hydrazone groups is 1. The number of alkyl halides is 3. The Morgan fingerprint density at radius 1 is 1.07 bits per heavy atom. The first-order chi connectivity index (χ1) is 13.4. The van der Waals surface area contributed by atoms with E-state index in [1.54, 1.807) is 55.5 Å². The van der Waals surface area contributed by atoms with Gasteiger partial charge in [0, 0.05) is 10.9 Å². The van der Waals surface area contributed by atoms with Gasteiger partial charge in [-0.25, -0.2) is 14.8 Å². The molecule has 0 radical (unpaired) electrons. The Kier molecular flexibility index (Phi) is 5.53. The molecule has 1 N–H and O–H groups in total. The highest BCUT2D eigenvalue weighted by molar-refractivity contribution is 6.43. The lowest BCUT2D eigenvalue weighted by molar-refractivity contribution is -0.144. The summed E-state index contributed by atoms with van der Waals surface area (Å²) in [7, 11) is 0. The molecular weight excluding hydrogens is 373 g/mol. The van der Waals surface area contributed by atoms with Crippen molar-refractivity contribution in [3.05, 3.63) is 66.0 Å². The van der Waals surface area contributed by atoms with Gasteiger partial charge in [0.1, 0.15) is 0 Å². The van der Waals surface area contributed by atoms with Crippen LogP contribution in [-0.4, -0.2) is 28.3 Å². The molecule has 3 aromatic rings. The van der Waals surface area contributed by atoms with Crippen LogP contribution in [0.25, 0.3) is 10.9 Å². The minimum atomic E-state index is -4.73. The van der Waals surface area contributed by atoms with E-state index in [9.17, 15) is 18.0 Å². The van der Waals surface area contributed by atoms with Crippen LogP contribution in [0.3, 0.4) is 0 Å². The highest BCUT2D eigenvalue weighted by Gasteiger charge is 2.35. The molecule has 0 bridgehead atoms. The first kappa shape index (κ1) is 19.3. The molecule has 3 rings (SSSR count). The molecule has 0 spiro atoms. The maximum absolute atomic E-state index is 13.1. The van der Waals surface area contributed by atoms with E-state index in [-0.39, 0.29) is 23.7 Å². The van der Waals surface area contributed by atoms with Crippen LogP contribution in [0.4, 0.5) is 19.0 Å². The molecule has 0 fully saturated rings. The largest absolute Gasteiger partial charge is 0.461 e. The van der Waals surface area contributed by atoms with Crippen LogP contribution >= 0.6 is 0 Å². The zero-order valence-corrected chi connectivity index (χ0v) is 14.7. The van der Waals surface area contributed by atoms with Gasteiger partial charge in [-0.3, -0.25) is 5.43 Å². The standard InChI is InChI=1S/C19H15F3N4O2/c1-2-28-17(27)15(12-8-4-3-5-9-12)25-26-16-13-10-6-7-11-14(13)23-18(24-16)19(20,21)22/h3-11H,2H2,1H3,(H,23,24,26)/b25-15+. The smallest absolute Gasteiger partial charge is 0.451 e. The van der Waals surface area contributed by atoms with Crippen LogP contribution in [0, 0.1) is 0 Å². The average Bonchev–Trinajstić information content (AvgIpc) is 2.68. The third kappa shape index (κ3) is 4.25. The summed E-state index contributed by atoms with van der Waals surface area (Å²) in [5, 5.41) is 4.32. The van der Waals surface area contributed by atoms with Crippen molar-refractivity contribution in [2.45, 2.75) is 13.1 Å². The number of ether oxygens (including phenoxy) is 1. The summed E-state index contributed by atoms with van der Waals surface area (Å²) >= 11 is 0. The average molecular weight is 388 g/mol. The summed E-state index contributed by atoms with van der Waals surface area (Å²) in [6.45, 7) is 1.76. The van der Waals surface area contributed by atoms with Crippen LogP contribution in [0.1, 0.15) is 18.3 Å². The number of esters is 1. The predicted octanol–water partition coefficient (Wildman–Crippen LogP) is 4.03. The summed E-state index contributed by atoms with van der Waals surface area (Å²) in [5.41, 5.74) is 2.93. The molecule has 0 unspecified atom stereocenters. The lowest BCUT2D eigenvalue weighted by Gasteiger charge is -2.11. The van der Waals surface area contributed by atoms with Crippen LogP contribution < -0.4 is 5.43 Å². The van der Waals surface area contributed by atoms with Crippen LogP contribution in [0.5, 0.6) is 0 Å². The van der Waals surface area contributed by atoms with Crippen molar-refractivity contribution in [3.8, 4) is 0 Å². The zero-order chi connectivity index (χ0) is 20.1. The fourth-order valence-electron chi connectivity index (χ4n) is 2.42. The molecule has 28 heavy (non-hydrogen) atoms. The van der Waals surface area contributed by atoms with Crippen LogP contribution in [0.2, 0.25) is 0 Å². The van der Waals surface area contributed by atoms with Gasteiger partial charge >= 0.3 is 12.1 Å². The quantitative estimate of drug-likeness (QED) is 0.406. The molecule has 0 aliphatic rings. The molecule has 0 amide bonds. The number of halogens is 3. The number of fused-ring (bicyclic) bond motifs is 1. The van der Waals surface area contributed by atoms with E-state index in [1.807, 2.05) is 0 Å². The molecule has 2 aromatic carbocycles. The topological polar surface area (TPSA) is 76.5 Å². The number of hydrogen-bond acceptors (Lipinski definition) is 6. The van der Waals surface area contributed by atoms with Gasteiger partial charge in [0.15, 0.2) is 11.5 Å². The number of nitrogens with zero attached hydrogens (tertiary/aromatic N) is 3. The number of aromatic nitrogens is 2. The second-order valence-corrected chi connectivity index (χ2v) is 5.57. The van der Waals surface area contributed by atoms with Crippen molar-refractivity contribution in [1.29, 1.82) is 0 Å². The van der Waals surface area contributed by atoms with Crippen molar-refractivity contribution in [2.24, 2.45) is 5.10 Å². The van der Waals surface area contributed by atoms with Gasteiger partial charge in [-0.15, -0.1) is 0 Å². The van der Waals surface area contributed by atoms with Gasteiger partial charge in [-0.05, 0) is 19.1 Å². The van der Waals surface area contributed by atoms with E-state index in [1.165, 1.54) is 6.07 Å². The first-order valence-corrected chi connectivity index (χ1v) is 8.30. The van der Waals surface area contributed by atoms with E-state index in [4.69, 9.17) is 4.74 Å². The Balaban J connectivity index is 2.07. The Hall–Kier alpha value is -3.49. The van der Waals surface area contributed by atoms with Crippen molar-refractivity contribution in [3.63, 3.8) is 0 Å². The molecule has 0 saturated carbocycles. The second kappa shape index (κ2) is 8.03. The Morgan fingerprint density at radius 3 is 2.43 bits per heavy atom. The van der Waals surface area contributed by atoms with Gasteiger partial charge in [0.05, 0.1) is 12.1 Å². The number of carbonyl (C=O) groups excluding carboxylic acids is 1. The monoisotopic (exact) mass is 388 g/mol. The first-order valence-electron chi connectivity index (χ1n) is 8.30. The lowest BCUT2D eigenvalue weighted by atomic mass is 10.1. The highest BCUT2D eigenvalue weighted by atomic mass is 19.4. The summed E-state index contributed by atoms with van der Waals surface area (Å²) < 4.78 is 44.4. The van der Waals surface area contributed by atoms with Crippen LogP contribution in [-0.2, 0) is 15.7 Å². The zero-order valence-electron chi connectivity index (χ0n) is 14.7. The SMILES string of the molecule is CCOC(=O)/C(=N/Nc1nc(C(F)(F)F)nc2ccccc12)c1ccccc1. The maximum Gasteiger partial charge on any atom is 0.451 e. The Morgan fingerprint density at radius 2 is 1.75 bits per heavy atom. The summed E-state index contributed by atoms with van der Waals surface area (Å²) in [4.78, 5) is 19.3. The van der Waals surface area contributed by atoms with Gasteiger partial charge in [-0.2, -0.15) is 18.3 Å². The van der Waals surface area contributed by atoms with Gasteiger partial charge in [0.25, 0.3) is 0 Å². The minimum absolute atomic E-state index is 0.0845. The number of para-hydroxylation sites is 1. The van der Waals surface area contributed by atoms with Gasteiger partial charge < -0.3 is 4.74 Å². The van der Waals surface area contributed by atoms with E-state index in [0.717, 1.165) is 0 Å². The third-order valence-corrected chi connectivity index (χ3v) is 3.65. The molecule has 144 valence electrons. The fraction of sp³-hybridized carbons (Fsp3) is 0.158. The van der Waals surface area contributed by atoms with Gasteiger partial charge in [0.2, 0.25) is 5.82 Å². The number of rotatable bonds is 5. The van der Waals surface area contributed by atoms with Crippen molar-refractivity contribution in [2.75, 3.05) is 12.0 Å². The molecule has 0 aliphatic carbocycles. The third-order valence-electron chi connectivity index (χ3n) is 3.65. The molecule has 0 aliphatic heterocycles. The summed E-state index contributed by atoms with van der Waals surface area (Å²) in [6, 6.07) is 14.6. The number of benzene rings is 2. The normalized spacial score (nSPS) is 12.1. The van der Waals surface area contributed by atoms with Crippen molar-refractivity contribution >= 4 is 28.4 Å². The van der Waals surface area contributed by atoms with E-state index >= 15 is 0 Å². The number of carbonyl (C=O) groups is 1. The Labute approximate surface area is 158 Å².